The fourth-order valence-corrected chi connectivity index (χ4v) is 3.85. The third-order valence-corrected chi connectivity index (χ3v) is 5.41. The lowest BCUT2D eigenvalue weighted by molar-refractivity contribution is -0.125. The van der Waals surface area contributed by atoms with Crippen molar-refractivity contribution >= 4 is 23.1 Å². The molecule has 1 N–H and O–H groups in total. The predicted molar refractivity (Wildman–Crippen MR) is 112 cm³/mol. The summed E-state index contributed by atoms with van der Waals surface area (Å²) in [5.74, 6) is -0.713. The van der Waals surface area contributed by atoms with Gasteiger partial charge in [0.15, 0.2) is 0 Å². The third-order valence-electron chi connectivity index (χ3n) is 5.41. The highest BCUT2D eigenvalue weighted by atomic mass is 19.1. The molecule has 0 aliphatic carbocycles. The van der Waals surface area contributed by atoms with E-state index >= 15 is 0 Å². The van der Waals surface area contributed by atoms with Crippen LogP contribution >= 0.6 is 0 Å². The lowest BCUT2D eigenvalue weighted by Crippen LogP contribution is -2.28. The minimum absolute atomic E-state index is 0.00176. The second kappa shape index (κ2) is 7.79. The fraction of sp³-hybridized carbons (Fsp3) is 0.174. The van der Waals surface area contributed by atoms with Gasteiger partial charge in [0.1, 0.15) is 17.5 Å². The molecule has 5 rings (SSSR count). The number of nitrogens with zero attached hydrogens (tertiary/aromatic N) is 3. The predicted octanol–water partition coefficient (Wildman–Crippen LogP) is 4.01. The first-order valence-corrected chi connectivity index (χ1v) is 9.84. The molecule has 0 bridgehead atoms. The third kappa shape index (κ3) is 3.72. The van der Waals surface area contributed by atoms with Crippen molar-refractivity contribution in [2.24, 2.45) is 5.16 Å². The number of hydrogen-bond donors (Lipinski definition) is 1. The van der Waals surface area contributed by atoms with Crippen molar-refractivity contribution in [2.45, 2.75) is 25.6 Å². The summed E-state index contributed by atoms with van der Waals surface area (Å²) < 4.78 is 27.5. The van der Waals surface area contributed by atoms with Crippen LogP contribution in [-0.2, 0) is 22.7 Å². The van der Waals surface area contributed by atoms with Gasteiger partial charge in [0.25, 0.3) is 5.91 Å². The minimum Gasteiger partial charge on any atom is -0.382 e. The zero-order chi connectivity index (χ0) is 21.4. The molecule has 0 spiro atoms. The number of nitrogens with one attached hydrogen (secondary N) is 1. The Balaban J connectivity index is 1.29. The number of oxime groups is 1. The maximum absolute atomic E-state index is 14.0. The van der Waals surface area contributed by atoms with Crippen LogP contribution < -0.4 is 10.2 Å². The molecule has 2 aliphatic heterocycles. The molecule has 1 unspecified atom stereocenters. The lowest BCUT2D eigenvalue weighted by atomic mass is 10.0. The molecule has 2 aliphatic rings. The highest BCUT2D eigenvalue weighted by molar-refractivity contribution is 6.06. The highest BCUT2D eigenvalue weighted by Crippen LogP contribution is 2.32. The van der Waals surface area contributed by atoms with Gasteiger partial charge in [-0.15, -0.1) is 0 Å². The summed E-state index contributed by atoms with van der Waals surface area (Å²) in [6, 6.07) is 14.6. The van der Waals surface area contributed by atoms with E-state index in [1.54, 1.807) is 6.20 Å². The van der Waals surface area contributed by atoms with Gasteiger partial charge < -0.3 is 15.1 Å². The van der Waals surface area contributed by atoms with Crippen LogP contribution in [0.25, 0.3) is 0 Å². The van der Waals surface area contributed by atoms with Gasteiger partial charge in [0, 0.05) is 37.0 Å². The molecule has 0 saturated heterocycles. The highest BCUT2D eigenvalue weighted by Gasteiger charge is 2.31. The molecule has 0 fully saturated rings. The first-order chi connectivity index (χ1) is 15.1. The number of carbonyl (C=O) groups is 1. The zero-order valence-electron chi connectivity index (χ0n) is 16.4. The smallest absolute Gasteiger partial charge is 0.268 e. The molecule has 1 aromatic heterocycles. The van der Waals surface area contributed by atoms with Crippen LogP contribution in [0, 0.1) is 11.6 Å². The molecule has 8 heteroatoms. The Labute approximate surface area is 177 Å². The van der Waals surface area contributed by atoms with Crippen molar-refractivity contribution < 1.29 is 18.4 Å². The Morgan fingerprint density at radius 2 is 2.00 bits per heavy atom. The molecular formula is C23H18F2N4O2. The van der Waals surface area contributed by atoms with Gasteiger partial charge in [0.2, 0.25) is 6.10 Å². The molecule has 156 valence electrons. The lowest BCUT2D eigenvalue weighted by Gasteiger charge is -2.16. The van der Waals surface area contributed by atoms with E-state index in [0.29, 0.717) is 18.8 Å². The van der Waals surface area contributed by atoms with Crippen LogP contribution in [0.2, 0.25) is 0 Å². The summed E-state index contributed by atoms with van der Waals surface area (Å²) in [5, 5.41) is 6.71. The molecular weight excluding hydrogens is 402 g/mol. The van der Waals surface area contributed by atoms with Crippen LogP contribution in [0.15, 0.2) is 65.9 Å². The van der Waals surface area contributed by atoms with Crippen LogP contribution in [0.1, 0.15) is 23.1 Å². The van der Waals surface area contributed by atoms with Crippen molar-refractivity contribution in [3.05, 3.63) is 89.1 Å². The van der Waals surface area contributed by atoms with Crippen LogP contribution in [-0.4, -0.2) is 22.7 Å². The van der Waals surface area contributed by atoms with E-state index in [-0.39, 0.29) is 23.6 Å². The maximum atomic E-state index is 14.0. The van der Waals surface area contributed by atoms with E-state index in [2.05, 4.69) is 20.4 Å². The summed E-state index contributed by atoms with van der Waals surface area (Å²) in [5.41, 5.74) is 3.01. The Hall–Kier alpha value is -3.81. The Morgan fingerprint density at radius 1 is 1.10 bits per heavy atom. The second-order valence-electron chi connectivity index (χ2n) is 7.44. The van der Waals surface area contributed by atoms with Crippen LogP contribution in [0.3, 0.4) is 0 Å². The molecule has 0 radical (unpaired) electrons. The van der Waals surface area contributed by atoms with E-state index in [4.69, 9.17) is 4.84 Å². The van der Waals surface area contributed by atoms with Crippen molar-refractivity contribution in [3.8, 4) is 0 Å². The van der Waals surface area contributed by atoms with Gasteiger partial charge >= 0.3 is 0 Å². The first kappa shape index (κ1) is 19.2. The van der Waals surface area contributed by atoms with Gasteiger partial charge in [-0.1, -0.05) is 23.4 Å². The Morgan fingerprint density at radius 3 is 2.84 bits per heavy atom. The number of aromatic nitrogens is 1. The summed E-state index contributed by atoms with van der Waals surface area (Å²) in [6.45, 7) is 1.31. The average molecular weight is 420 g/mol. The van der Waals surface area contributed by atoms with Crippen molar-refractivity contribution in [1.82, 2.24) is 4.98 Å². The van der Waals surface area contributed by atoms with Gasteiger partial charge in [-0.3, -0.25) is 4.79 Å². The first-order valence-electron chi connectivity index (χ1n) is 9.84. The van der Waals surface area contributed by atoms with Crippen LogP contribution in [0.4, 0.5) is 20.3 Å². The number of carbonyl (C=O) groups excluding carboxylic acids is 1. The monoisotopic (exact) mass is 420 g/mol. The summed E-state index contributed by atoms with van der Waals surface area (Å²) in [7, 11) is 0. The standard InChI is InChI=1S/C23H18F2N4O2/c24-15-7-8-18(25)16(10-15)20-11-21(31-28-20)23(30)27-19-5-3-4-14-12-29(13-17(14)19)22-6-1-2-9-26-22/h1-10,21H,11-13H2,(H,27,30). The second-order valence-corrected chi connectivity index (χ2v) is 7.44. The van der Waals surface area contributed by atoms with E-state index in [1.165, 1.54) is 0 Å². The van der Waals surface area contributed by atoms with Crippen molar-refractivity contribution in [2.75, 3.05) is 10.2 Å². The van der Waals surface area contributed by atoms with E-state index < -0.39 is 17.7 Å². The number of rotatable bonds is 4. The van der Waals surface area contributed by atoms with Crippen molar-refractivity contribution in [3.63, 3.8) is 0 Å². The molecule has 3 aromatic rings. The average Bonchev–Trinajstić information content (AvgIpc) is 3.44. The van der Waals surface area contributed by atoms with Gasteiger partial charge in [-0.05, 0) is 47.5 Å². The number of anilines is 2. The van der Waals surface area contributed by atoms with Crippen LogP contribution in [0.5, 0.6) is 0 Å². The van der Waals surface area contributed by atoms with Gasteiger partial charge in [0.05, 0.1) is 5.71 Å². The largest absolute Gasteiger partial charge is 0.382 e. The Bertz CT molecular complexity index is 1180. The summed E-state index contributed by atoms with van der Waals surface area (Å²) in [6.07, 6.45) is 0.889. The normalized spacial score (nSPS) is 17.2. The minimum atomic E-state index is -0.915. The summed E-state index contributed by atoms with van der Waals surface area (Å²) in [4.78, 5) is 24.5. The maximum Gasteiger partial charge on any atom is 0.268 e. The van der Waals surface area contributed by atoms with E-state index in [1.807, 2.05) is 36.4 Å². The van der Waals surface area contributed by atoms with Gasteiger partial charge in [-0.2, -0.15) is 0 Å². The number of hydrogen-bond acceptors (Lipinski definition) is 5. The summed E-state index contributed by atoms with van der Waals surface area (Å²) >= 11 is 0. The number of fused-ring (bicyclic) bond motifs is 1. The van der Waals surface area contributed by atoms with E-state index in [9.17, 15) is 13.6 Å². The van der Waals surface area contributed by atoms with E-state index in [0.717, 1.165) is 35.1 Å². The topological polar surface area (TPSA) is 66.8 Å². The van der Waals surface area contributed by atoms with Crippen molar-refractivity contribution in [1.29, 1.82) is 0 Å². The zero-order valence-corrected chi connectivity index (χ0v) is 16.4. The molecule has 31 heavy (non-hydrogen) atoms. The number of amides is 1. The fourth-order valence-electron chi connectivity index (χ4n) is 3.85. The molecule has 6 nitrogen and oxygen atoms in total. The van der Waals surface area contributed by atoms with Gasteiger partial charge in [-0.25, -0.2) is 13.8 Å². The molecule has 3 heterocycles. The molecule has 2 aromatic carbocycles. The molecule has 0 saturated carbocycles. The number of halogens is 2. The Kier molecular flexibility index (Phi) is 4.82. The quantitative estimate of drug-likeness (QED) is 0.693. The number of pyridine rings is 1. The number of benzene rings is 2. The SMILES string of the molecule is O=C(Nc1cccc2c1CN(c1ccccn1)C2)C1CC(c2cc(F)ccc2F)=NO1. The molecule has 1 atom stereocenters. The molecule has 1 amide bonds.